The van der Waals surface area contributed by atoms with Gasteiger partial charge >= 0.3 is 0 Å². The molecule has 0 aromatic carbocycles. The van der Waals surface area contributed by atoms with E-state index in [0.29, 0.717) is 13.1 Å². The van der Waals surface area contributed by atoms with Gasteiger partial charge in [-0.25, -0.2) is 4.99 Å². The molecule has 0 radical (unpaired) electrons. The molecule has 2 aromatic heterocycles. The van der Waals surface area contributed by atoms with Crippen LogP contribution in [0.4, 0.5) is 0 Å². The summed E-state index contributed by atoms with van der Waals surface area (Å²) in [6.45, 7) is 8.14. The topological polar surface area (TPSA) is 75.6 Å². The fourth-order valence-corrected chi connectivity index (χ4v) is 2.20. The van der Waals surface area contributed by atoms with E-state index in [4.69, 9.17) is 8.94 Å². The second-order valence-corrected chi connectivity index (χ2v) is 4.87. The van der Waals surface area contributed by atoms with E-state index in [2.05, 4.69) is 34.6 Å². The second-order valence-electron chi connectivity index (χ2n) is 4.87. The molecule has 0 aliphatic rings. The highest BCUT2D eigenvalue weighted by Gasteiger charge is 2.13. The van der Waals surface area contributed by atoms with E-state index in [1.807, 2.05) is 19.1 Å². The number of nitrogens with one attached hydrogen (secondary N) is 2. The average Bonchev–Trinajstić information content (AvgIpc) is 3.18. The largest absolute Gasteiger partial charge is 0.467 e. The number of guanidine groups is 1. The Morgan fingerprint density at radius 1 is 1.23 bits per heavy atom. The van der Waals surface area contributed by atoms with Gasteiger partial charge in [0.05, 0.1) is 25.0 Å². The smallest absolute Gasteiger partial charge is 0.191 e. The molecular weight excluding hydrogens is 280 g/mol. The Morgan fingerprint density at radius 3 is 2.73 bits per heavy atom. The van der Waals surface area contributed by atoms with Crippen molar-refractivity contribution in [3.05, 3.63) is 41.2 Å². The Bertz CT molecular complexity index is 566. The van der Waals surface area contributed by atoms with Gasteiger partial charge in [0.2, 0.25) is 0 Å². The summed E-state index contributed by atoms with van der Waals surface area (Å²) in [4.78, 5) is 4.63. The van der Waals surface area contributed by atoms with Gasteiger partial charge in [-0.05, 0) is 25.5 Å². The van der Waals surface area contributed by atoms with Crippen molar-refractivity contribution in [2.45, 2.75) is 46.7 Å². The third-order valence-electron chi connectivity index (χ3n) is 3.36. The molecule has 6 heteroatoms. The minimum atomic E-state index is 0.559. The molecule has 0 saturated carbocycles. The summed E-state index contributed by atoms with van der Waals surface area (Å²) < 4.78 is 10.7. The lowest BCUT2D eigenvalue weighted by Crippen LogP contribution is -2.36. The van der Waals surface area contributed by atoms with Crippen LogP contribution in [0.25, 0.3) is 0 Å². The zero-order chi connectivity index (χ0) is 15.8. The number of aliphatic imine (C=N–C) groups is 1. The van der Waals surface area contributed by atoms with Crippen LogP contribution in [0.2, 0.25) is 0 Å². The van der Waals surface area contributed by atoms with Crippen molar-refractivity contribution in [3.63, 3.8) is 0 Å². The number of rotatable bonds is 7. The standard InChI is InChI=1S/C16H24N4O2/c1-4-14-13(15(5-2)22-20-14)11-19-16(17-6-3)18-10-12-8-7-9-21-12/h7-9H,4-6,10-11H2,1-3H3,(H2,17,18,19). The molecule has 6 nitrogen and oxygen atoms in total. The van der Waals surface area contributed by atoms with E-state index >= 15 is 0 Å². The molecule has 2 aromatic rings. The van der Waals surface area contributed by atoms with Crippen LogP contribution in [0.1, 0.15) is 43.5 Å². The van der Waals surface area contributed by atoms with Gasteiger partial charge in [0.25, 0.3) is 0 Å². The van der Waals surface area contributed by atoms with Crippen molar-refractivity contribution in [2.24, 2.45) is 4.99 Å². The van der Waals surface area contributed by atoms with Crippen LogP contribution < -0.4 is 10.6 Å². The van der Waals surface area contributed by atoms with E-state index in [-0.39, 0.29) is 0 Å². The quantitative estimate of drug-likeness (QED) is 0.607. The normalized spacial score (nSPS) is 11.7. The molecule has 22 heavy (non-hydrogen) atoms. The monoisotopic (exact) mass is 304 g/mol. The van der Waals surface area contributed by atoms with Crippen LogP contribution >= 0.6 is 0 Å². The van der Waals surface area contributed by atoms with Crippen molar-refractivity contribution in [3.8, 4) is 0 Å². The van der Waals surface area contributed by atoms with Gasteiger partial charge < -0.3 is 19.6 Å². The number of hydrogen-bond acceptors (Lipinski definition) is 4. The molecule has 0 bridgehead atoms. The summed E-state index contributed by atoms with van der Waals surface area (Å²) in [5, 5.41) is 10.6. The maximum atomic E-state index is 5.37. The first-order valence-corrected chi connectivity index (χ1v) is 7.79. The molecule has 0 amide bonds. The summed E-state index contributed by atoms with van der Waals surface area (Å²) >= 11 is 0. The van der Waals surface area contributed by atoms with E-state index in [1.54, 1.807) is 6.26 Å². The number of aryl methyl sites for hydroxylation is 2. The minimum absolute atomic E-state index is 0.559. The maximum Gasteiger partial charge on any atom is 0.191 e. The van der Waals surface area contributed by atoms with Crippen LogP contribution in [-0.4, -0.2) is 17.7 Å². The molecule has 0 saturated heterocycles. The summed E-state index contributed by atoms with van der Waals surface area (Å²) in [7, 11) is 0. The van der Waals surface area contributed by atoms with Gasteiger partial charge in [0, 0.05) is 18.5 Å². The van der Waals surface area contributed by atoms with Crippen LogP contribution in [0.15, 0.2) is 32.3 Å². The number of hydrogen-bond donors (Lipinski definition) is 2. The summed E-state index contributed by atoms with van der Waals surface area (Å²) in [6, 6.07) is 3.81. The number of furan rings is 1. The van der Waals surface area contributed by atoms with Crippen LogP contribution in [0, 0.1) is 0 Å². The second kappa shape index (κ2) is 8.26. The predicted molar refractivity (Wildman–Crippen MR) is 85.6 cm³/mol. The lowest BCUT2D eigenvalue weighted by Gasteiger charge is -2.10. The Kier molecular flexibility index (Phi) is 6.06. The van der Waals surface area contributed by atoms with E-state index in [1.165, 1.54) is 0 Å². The first kappa shape index (κ1) is 16.1. The van der Waals surface area contributed by atoms with Crippen LogP contribution in [-0.2, 0) is 25.9 Å². The summed E-state index contributed by atoms with van der Waals surface area (Å²) in [5.41, 5.74) is 2.09. The Hall–Kier alpha value is -2.24. The Morgan fingerprint density at radius 2 is 2.09 bits per heavy atom. The predicted octanol–water partition coefficient (Wildman–Crippen LogP) is 2.65. The molecule has 2 rings (SSSR count). The van der Waals surface area contributed by atoms with Crippen LogP contribution in [0.5, 0.6) is 0 Å². The minimum Gasteiger partial charge on any atom is -0.467 e. The number of nitrogens with zero attached hydrogens (tertiary/aromatic N) is 2. The van der Waals surface area contributed by atoms with E-state index in [9.17, 15) is 0 Å². The maximum absolute atomic E-state index is 5.37. The molecule has 120 valence electrons. The highest BCUT2D eigenvalue weighted by molar-refractivity contribution is 5.79. The van der Waals surface area contributed by atoms with Gasteiger partial charge in [0.1, 0.15) is 11.5 Å². The SMILES string of the molecule is CCNC(=NCc1c(CC)noc1CC)NCc1ccco1. The zero-order valence-corrected chi connectivity index (χ0v) is 13.5. The molecule has 0 aliphatic carbocycles. The first-order valence-electron chi connectivity index (χ1n) is 7.79. The fourth-order valence-electron chi connectivity index (χ4n) is 2.20. The van der Waals surface area contributed by atoms with Gasteiger partial charge in [-0.15, -0.1) is 0 Å². The lowest BCUT2D eigenvalue weighted by molar-refractivity contribution is 0.380. The van der Waals surface area contributed by atoms with Gasteiger partial charge in [-0.2, -0.15) is 0 Å². The highest BCUT2D eigenvalue weighted by Crippen LogP contribution is 2.16. The van der Waals surface area contributed by atoms with E-state index < -0.39 is 0 Å². The van der Waals surface area contributed by atoms with Crippen molar-refractivity contribution >= 4 is 5.96 Å². The van der Waals surface area contributed by atoms with Gasteiger partial charge in [-0.1, -0.05) is 19.0 Å². The van der Waals surface area contributed by atoms with Gasteiger partial charge in [0.15, 0.2) is 5.96 Å². The third-order valence-corrected chi connectivity index (χ3v) is 3.36. The Balaban J connectivity index is 2.04. The molecule has 0 atom stereocenters. The van der Waals surface area contributed by atoms with Crippen molar-refractivity contribution < 1.29 is 8.94 Å². The molecule has 0 fully saturated rings. The number of aromatic nitrogens is 1. The molecule has 0 spiro atoms. The third kappa shape index (κ3) is 4.13. The first-order chi connectivity index (χ1) is 10.8. The fraction of sp³-hybridized carbons (Fsp3) is 0.500. The summed E-state index contributed by atoms with van der Waals surface area (Å²) in [5.74, 6) is 2.55. The Labute approximate surface area is 131 Å². The zero-order valence-electron chi connectivity index (χ0n) is 13.5. The molecule has 2 heterocycles. The molecule has 0 unspecified atom stereocenters. The molecular formula is C16H24N4O2. The van der Waals surface area contributed by atoms with Crippen molar-refractivity contribution in [2.75, 3.05) is 6.54 Å². The van der Waals surface area contributed by atoms with Crippen LogP contribution in [0.3, 0.4) is 0 Å². The lowest BCUT2D eigenvalue weighted by atomic mass is 10.1. The van der Waals surface area contributed by atoms with Crippen molar-refractivity contribution in [1.82, 2.24) is 15.8 Å². The van der Waals surface area contributed by atoms with Crippen molar-refractivity contribution in [1.29, 1.82) is 0 Å². The molecule has 0 aliphatic heterocycles. The van der Waals surface area contributed by atoms with E-state index in [0.717, 1.165) is 48.1 Å². The molecule has 2 N–H and O–H groups in total. The summed E-state index contributed by atoms with van der Waals surface area (Å²) in [6.07, 6.45) is 3.35. The van der Waals surface area contributed by atoms with Gasteiger partial charge in [-0.3, -0.25) is 0 Å². The highest BCUT2D eigenvalue weighted by atomic mass is 16.5. The average molecular weight is 304 g/mol.